The second-order valence-electron chi connectivity index (χ2n) is 6.10. The molecule has 0 spiro atoms. The molecule has 1 atom stereocenters. The lowest BCUT2D eigenvalue weighted by Crippen LogP contribution is -2.35. The number of ether oxygens (including phenoxy) is 2. The second kappa shape index (κ2) is 8.74. The molecule has 0 aliphatic heterocycles. The molecular formula is C19H18F3NO6S. The van der Waals surface area contributed by atoms with Gasteiger partial charge in [0.2, 0.25) is 0 Å². The number of hydrogen-bond donors (Lipinski definition) is 1. The van der Waals surface area contributed by atoms with Crippen molar-refractivity contribution in [2.75, 3.05) is 14.2 Å². The molecule has 162 valence electrons. The quantitative estimate of drug-likeness (QED) is 0.687. The van der Waals surface area contributed by atoms with Crippen molar-refractivity contribution in [3.05, 3.63) is 59.2 Å². The Labute approximate surface area is 170 Å². The Morgan fingerprint density at radius 1 is 1.07 bits per heavy atom. The van der Waals surface area contributed by atoms with E-state index in [1.54, 1.807) is 18.2 Å². The summed E-state index contributed by atoms with van der Waals surface area (Å²) in [6.07, 6.45) is 0. The van der Waals surface area contributed by atoms with E-state index in [2.05, 4.69) is 5.32 Å². The summed E-state index contributed by atoms with van der Waals surface area (Å²) in [6, 6.07) is 8.16. The Morgan fingerprint density at radius 3 is 2.17 bits per heavy atom. The third kappa shape index (κ3) is 4.56. The molecule has 0 aromatic heterocycles. The maximum atomic E-state index is 13.0. The van der Waals surface area contributed by atoms with Gasteiger partial charge < -0.3 is 14.8 Å². The fourth-order valence-corrected chi connectivity index (χ4v) is 3.66. The largest absolute Gasteiger partial charge is 0.502 e. The van der Waals surface area contributed by atoms with Crippen molar-refractivity contribution in [3.63, 3.8) is 0 Å². The number of halogens is 3. The Morgan fingerprint density at radius 2 is 1.67 bits per heavy atom. The maximum Gasteiger partial charge on any atom is 0.502 e. The van der Waals surface area contributed by atoms with E-state index in [0.29, 0.717) is 0 Å². The van der Waals surface area contributed by atoms with Crippen LogP contribution in [0.5, 0.6) is 5.75 Å². The average Bonchev–Trinajstić information content (AvgIpc) is 2.71. The van der Waals surface area contributed by atoms with Crippen LogP contribution < -0.4 is 10.1 Å². The van der Waals surface area contributed by atoms with Crippen LogP contribution in [-0.4, -0.2) is 40.0 Å². The molecule has 11 heteroatoms. The monoisotopic (exact) mass is 445 g/mol. The van der Waals surface area contributed by atoms with Crippen molar-refractivity contribution in [2.45, 2.75) is 23.4 Å². The van der Waals surface area contributed by atoms with Gasteiger partial charge in [-0.25, -0.2) is 13.2 Å². The van der Waals surface area contributed by atoms with E-state index in [-0.39, 0.29) is 16.7 Å². The number of alkyl halides is 3. The molecule has 2 rings (SSSR count). The molecule has 0 aliphatic rings. The smallest absolute Gasteiger partial charge is 0.495 e. The highest BCUT2D eigenvalue weighted by atomic mass is 32.2. The van der Waals surface area contributed by atoms with E-state index in [1.165, 1.54) is 19.1 Å². The van der Waals surface area contributed by atoms with Gasteiger partial charge in [-0.2, -0.15) is 13.2 Å². The minimum Gasteiger partial charge on any atom is -0.495 e. The van der Waals surface area contributed by atoms with E-state index in [4.69, 9.17) is 9.47 Å². The molecule has 0 saturated carbocycles. The molecule has 0 fully saturated rings. The van der Waals surface area contributed by atoms with Crippen molar-refractivity contribution in [1.29, 1.82) is 0 Å². The summed E-state index contributed by atoms with van der Waals surface area (Å²) < 4.78 is 72.2. The number of carbonyl (C=O) groups excluding carboxylic acids is 2. The zero-order valence-electron chi connectivity index (χ0n) is 16.1. The summed E-state index contributed by atoms with van der Waals surface area (Å²) in [4.78, 5) is 23.7. The predicted molar refractivity (Wildman–Crippen MR) is 99.6 cm³/mol. The Kier molecular flexibility index (Phi) is 6.76. The highest BCUT2D eigenvalue weighted by Crippen LogP contribution is 2.38. The zero-order valence-corrected chi connectivity index (χ0v) is 16.9. The van der Waals surface area contributed by atoms with Gasteiger partial charge in [-0.15, -0.1) is 0 Å². The SMILES string of the molecule is COC(=O)C(NC(=O)c1ccccc1)c1cc(OC)c(S(=O)(=O)C(F)(F)F)cc1C. The summed E-state index contributed by atoms with van der Waals surface area (Å²) in [6.45, 7) is 1.30. The summed E-state index contributed by atoms with van der Waals surface area (Å²) in [5.41, 5.74) is -5.30. The molecule has 7 nitrogen and oxygen atoms in total. The molecule has 0 saturated heterocycles. The third-order valence-electron chi connectivity index (χ3n) is 4.21. The van der Waals surface area contributed by atoms with Crippen molar-refractivity contribution < 1.29 is 40.7 Å². The van der Waals surface area contributed by atoms with Crippen molar-refractivity contribution in [1.82, 2.24) is 5.32 Å². The van der Waals surface area contributed by atoms with Gasteiger partial charge in [0.15, 0.2) is 6.04 Å². The first-order valence-corrected chi connectivity index (χ1v) is 9.86. The number of amides is 1. The van der Waals surface area contributed by atoms with Crippen molar-refractivity contribution in [2.24, 2.45) is 0 Å². The minimum absolute atomic E-state index is 0.00221. The zero-order chi connectivity index (χ0) is 22.7. The van der Waals surface area contributed by atoms with E-state index in [9.17, 15) is 31.2 Å². The Hall–Kier alpha value is -3.08. The van der Waals surface area contributed by atoms with Crippen LogP contribution in [0.1, 0.15) is 27.5 Å². The van der Waals surface area contributed by atoms with Gasteiger partial charge in [0.25, 0.3) is 15.7 Å². The summed E-state index contributed by atoms with van der Waals surface area (Å²) in [5, 5.41) is 2.44. The normalized spacial score (nSPS) is 12.7. The molecule has 1 amide bonds. The van der Waals surface area contributed by atoms with Crippen LogP contribution in [0.3, 0.4) is 0 Å². The summed E-state index contributed by atoms with van der Waals surface area (Å²) in [5.74, 6) is -2.18. The van der Waals surface area contributed by atoms with Crippen LogP contribution in [0, 0.1) is 6.92 Å². The molecule has 0 heterocycles. The Bertz CT molecular complexity index is 1050. The van der Waals surface area contributed by atoms with Crippen molar-refractivity contribution >= 4 is 21.7 Å². The molecule has 0 bridgehead atoms. The highest BCUT2D eigenvalue weighted by molar-refractivity contribution is 7.92. The number of aryl methyl sites for hydroxylation is 1. The first kappa shape index (κ1) is 23.2. The average molecular weight is 445 g/mol. The van der Waals surface area contributed by atoms with Gasteiger partial charge in [0.1, 0.15) is 10.6 Å². The van der Waals surface area contributed by atoms with E-state index >= 15 is 0 Å². The molecule has 1 N–H and O–H groups in total. The van der Waals surface area contributed by atoms with Crippen LogP contribution in [0.2, 0.25) is 0 Å². The maximum absolute atomic E-state index is 13.0. The lowest BCUT2D eigenvalue weighted by molar-refractivity contribution is -0.143. The van der Waals surface area contributed by atoms with E-state index in [0.717, 1.165) is 26.4 Å². The molecule has 0 radical (unpaired) electrons. The van der Waals surface area contributed by atoms with Gasteiger partial charge in [-0.1, -0.05) is 18.2 Å². The van der Waals surface area contributed by atoms with Crippen LogP contribution in [0.4, 0.5) is 13.2 Å². The molecule has 0 aliphatic carbocycles. The topological polar surface area (TPSA) is 98.8 Å². The highest BCUT2D eigenvalue weighted by Gasteiger charge is 2.48. The van der Waals surface area contributed by atoms with E-state index in [1.807, 2.05) is 0 Å². The fourth-order valence-electron chi connectivity index (χ4n) is 2.67. The van der Waals surface area contributed by atoms with Gasteiger partial charge in [-0.05, 0) is 42.3 Å². The molecule has 30 heavy (non-hydrogen) atoms. The molecule has 2 aromatic rings. The minimum atomic E-state index is -5.70. The number of rotatable bonds is 6. The summed E-state index contributed by atoms with van der Waals surface area (Å²) in [7, 11) is -3.65. The number of benzene rings is 2. The second-order valence-corrected chi connectivity index (χ2v) is 8.01. The Balaban J connectivity index is 2.57. The van der Waals surface area contributed by atoms with E-state index < -0.39 is 43.9 Å². The van der Waals surface area contributed by atoms with Gasteiger partial charge in [0.05, 0.1) is 14.2 Å². The first-order chi connectivity index (χ1) is 13.9. The van der Waals surface area contributed by atoms with Crippen LogP contribution in [-0.2, 0) is 19.4 Å². The number of hydrogen-bond acceptors (Lipinski definition) is 6. The fraction of sp³-hybridized carbons (Fsp3) is 0.263. The van der Waals surface area contributed by atoms with Crippen LogP contribution in [0.15, 0.2) is 47.4 Å². The summed E-state index contributed by atoms with van der Waals surface area (Å²) >= 11 is 0. The molecule has 1 unspecified atom stereocenters. The van der Waals surface area contributed by atoms with Gasteiger partial charge >= 0.3 is 11.5 Å². The number of sulfone groups is 1. The lowest BCUT2D eigenvalue weighted by Gasteiger charge is -2.21. The van der Waals surface area contributed by atoms with Crippen LogP contribution >= 0.6 is 0 Å². The lowest BCUT2D eigenvalue weighted by atomic mass is 10.00. The molecular weight excluding hydrogens is 427 g/mol. The first-order valence-electron chi connectivity index (χ1n) is 8.37. The predicted octanol–water partition coefficient (Wildman–Crippen LogP) is 2.94. The number of esters is 1. The third-order valence-corrected chi connectivity index (χ3v) is 5.71. The standard InChI is InChI=1S/C19H18F3NO6S/c1-11-9-15(30(26,27)19(20,21)22)14(28-2)10-13(11)16(18(25)29-3)23-17(24)12-7-5-4-6-8-12/h4-10,16H,1-3H3,(H,23,24). The van der Waals surface area contributed by atoms with Crippen LogP contribution in [0.25, 0.3) is 0 Å². The number of methoxy groups -OCH3 is 2. The molecule has 2 aromatic carbocycles. The van der Waals surface area contributed by atoms with Gasteiger partial charge in [-0.3, -0.25) is 4.79 Å². The van der Waals surface area contributed by atoms with Gasteiger partial charge in [0, 0.05) is 5.56 Å². The number of nitrogens with one attached hydrogen (secondary N) is 1. The van der Waals surface area contributed by atoms with Crippen molar-refractivity contribution in [3.8, 4) is 5.75 Å². The number of carbonyl (C=O) groups is 2.